The Kier molecular flexibility index (Phi) is 5.27. The third kappa shape index (κ3) is 3.31. The summed E-state index contributed by atoms with van der Waals surface area (Å²) in [4.78, 5) is 18.6. The van der Waals surface area contributed by atoms with E-state index in [0.29, 0.717) is 11.7 Å². The van der Waals surface area contributed by atoms with E-state index < -0.39 is 0 Å². The van der Waals surface area contributed by atoms with Crippen LogP contribution in [0.15, 0.2) is 30.5 Å². The SMILES string of the molecule is CCOC(=O)CN1C(=S)N[C@H](c2ccccn2)[C@H]1c1cc(C)n(C)c1C. The standard InChI is InChI=1S/C19H24N4O2S/c1-5-25-16(24)11-23-18(14-10-12(2)22(4)13(14)3)17(21-19(23)26)15-8-6-7-9-20-15/h6-10,17-18H,5,11H2,1-4H3,(H,21,26)/t17-,18-/m1/s1. The highest BCUT2D eigenvalue weighted by Crippen LogP contribution is 2.40. The lowest BCUT2D eigenvalue weighted by Crippen LogP contribution is -2.35. The van der Waals surface area contributed by atoms with Crippen molar-refractivity contribution in [3.63, 3.8) is 0 Å². The minimum absolute atomic E-state index is 0.112. The summed E-state index contributed by atoms with van der Waals surface area (Å²) in [5.74, 6) is -0.284. The van der Waals surface area contributed by atoms with Gasteiger partial charge in [0, 0.05) is 24.6 Å². The smallest absolute Gasteiger partial charge is 0.325 e. The molecule has 2 atom stereocenters. The minimum atomic E-state index is -0.284. The topological polar surface area (TPSA) is 59.4 Å². The van der Waals surface area contributed by atoms with E-state index in [2.05, 4.69) is 34.8 Å². The van der Waals surface area contributed by atoms with Crippen LogP contribution in [0, 0.1) is 13.8 Å². The first-order chi connectivity index (χ1) is 12.4. The van der Waals surface area contributed by atoms with Crippen LogP contribution in [0.5, 0.6) is 0 Å². The monoisotopic (exact) mass is 372 g/mol. The highest BCUT2D eigenvalue weighted by Gasteiger charge is 2.42. The van der Waals surface area contributed by atoms with Crippen molar-refractivity contribution in [2.75, 3.05) is 13.2 Å². The number of carbonyl (C=O) groups is 1. The van der Waals surface area contributed by atoms with Gasteiger partial charge in [-0.1, -0.05) is 6.07 Å². The molecule has 0 aliphatic carbocycles. The van der Waals surface area contributed by atoms with E-state index in [9.17, 15) is 4.79 Å². The lowest BCUT2D eigenvalue weighted by atomic mass is 9.97. The fraction of sp³-hybridized carbons (Fsp3) is 0.421. The molecule has 0 spiro atoms. The summed E-state index contributed by atoms with van der Waals surface area (Å²) >= 11 is 5.55. The van der Waals surface area contributed by atoms with E-state index in [-0.39, 0.29) is 24.6 Å². The Morgan fingerprint density at radius 1 is 1.38 bits per heavy atom. The van der Waals surface area contributed by atoms with Crippen molar-refractivity contribution >= 4 is 23.3 Å². The number of thiocarbonyl (C=S) groups is 1. The number of carbonyl (C=O) groups excluding carboxylic acids is 1. The van der Waals surface area contributed by atoms with Crippen molar-refractivity contribution in [3.05, 3.63) is 53.1 Å². The molecule has 0 amide bonds. The Hall–Kier alpha value is -2.41. The molecule has 0 saturated carbocycles. The molecule has 3 heterocycles. The average Bonchev–Trinajstić information content (AvgIpc) is 3.07. The highest BCUT2D eigenvalue weighted by molar-refractivity contribution is 7.80. The molecule has 138 valence electrons. The molecule has 7 heteroatoms. The third-order valence-corrected chi connectivity index (χ3v) is 5.29. The molecule has 0 unspecified atom stereocenters. The minimum Gasteiger partial charge on any atom is -0.465 e. The van der Waals surface area contributed by atoms with Gasteiger partial charge in [0.05, 0.1) is 24.4 Å². The molecule has 6 nitrogen and oxygen atoms in total. The number of nitrogens with one attached hydrogen (secondary N) is 1. The van der Waals surface area contributed by atoms with Gasteiger partial charge in [0.1, 0.15) is 6.54 Å². The number of hydrogen-bond acceptors (Lipinski definition) is 4. The summed E-state index contributed by atoms with van der Waals surface area (Å²) in [5.41, 5.74) is 4.34. The summed E-state index contributed by atoms with van der Waals surface area (Å²) < 4.78 is 7.30. The number of rotatable bonds is 5. The maximum atomic E-state index is 12.1. The largest absolute Gasteiger partial charge is 0.465 e. The van der Waals surface area contributed by atoms with Gasteiger partial charge in [-0.15, -0.1) is 0 Å². The maximum absolute atomic E-state index is 12.1. The first kappa shape index (κ1) is 18.4. The van der Waals surface area contributed by atoms with E-state index in [1.807, 2.05) is 30.1 Å². The zero-order valence-corrected chi connectivity index (χ0v) is 16.3. The molecule has 1 N–H and O–H groups in total. The fourth-order valence-corrected chi connectivity index (χ4v) is 3.75. The molecule has 3 rings (SSSR count). The zero-order valence-electron chi connectivity index (χ0n) is 15.5. The van der Waals surface area contributed by atoms with E-state index in [1.165, 1.54) is 0 Å². The normalized spacial score (nSPS) is 19.5. The van der Waals surface area contributed by atoms with Crippen LogP contribution < -0.4 is 5.32 Å². The van der Waals surface area contributed by atoms with Gasteiger partial charge < -0.3 is 19.5 Å². The van der Waals surface area contributed by atoms with Gasteiger partial charge in [-0.3, -0.25) is 9.78 Å². The molecule has 2 aromatic rings. The third-order valence-electron chi connectivity index (χ3n) is 4.94. The van der Waals surface area contributed by atoms with Gasteiger partial charge in [0.15, 0.2) is 5.11 Å². The summed E-state index contributed by atoms with van der Waals surface area (Å²) in [5, 5.41) is 3.89. The van der Waals surface area contributed by atoms with Crippen molar-refractivity contribution in [3.8, 4) is 0 Å². The molecule has 1 aliphatic rings. The molecular weight excluding hydrogens is 348 g/mol. The van der Waals surface area contributed by atoms with E-state index in [1.54, 1.807) is 13.1 Å². The molecule has 1 saturated heterocycles. The van der Waals surface area contributed by atoms with Gasteiger partial charge in [0.25, 0.3) is 0 Å². The Morgan fingerprint density at radius 2 is 2.15 bits per heavy atom. The second-order valence-corrected chi connectivity index (χ2v) is 6.83. The fourth-order valence-electron chi connectivity index (χ4n) is 3.44. The Labute approximate surface area is 159 Å². The summed E-state index contributed by atoms with van der Waals surface area (Å²) in [6.45, 7) is 6.42. The highest BCUT2D eigenvalue weighted by atomic mass is 32.1. The van der Waals surface area contributed by atoms with Crippen LogP contribution in [0.4, 0.5) is 0 Å². The molecule has 1 aliphatic heterocycles. The number of esters is 1. The van der Waals surface area contributed by atoms with Crippen molar-refractivity contribution in [1.29, 1.82) is 0 Å². The van der Waals surface area contributed by atoms with E-state index >= 15 is 0 Å². The quantitative estimate of drug-likeness (QED) is 0.643. The second kappa shape index (κ2) is 7.45. The molecule has 0 bridgehead atoms. The van der Waals surface area contributed by atoms with Gasteiger partial charge in [-0.2, -0.15) is 0 Å². The molecular formula is C19H24N4O2S. The first-order valence-corrected chi connectivity index (χ1v) is 9.11. The van der Waals surface area contributed by atoms with Crippen molar-refractivity contribution in [2.24, 2.45) is 7.05 Å². The van der Waals surface area contributed by atoms with Crippen LogP contribution >= 0.6 is 12.2 Å². The van der Waals surface area contributed by atoms with Crippen molar-refractivity contribution in [1.82, 2.24) is 19.8 Å². The van der Waals surface area contributed by atoms with E-state index in [0.717, 1.165) is 22.6 Å². The molecule has 2 aromatic heterocycles. The molecule has 1 fully saturated rings. The predicted octanol–water partition coefficient (Wildman–Crippen LogP) is 2.57. The molecule has 0 aromatic carbocycles. The van der Waals surface area contributed by atoms with Crippen LogP contribution in [0.25, 0.3) is 0 Å². The van der Waals surface area contributed by atoms with Crippen LogP contribution in [0.1, 0.15) is 41.7 Å². The summed E-state index contributed by atoms with van der Waals surface area (Å²) in [7, 11) is 2.04. The summed E-state index contributed by atoms with van der Waals surface area (Å²) in [6.07, 6.45) is 1.77. The Bertz CT molecular complexity index is 818. The van der Waals surface area contributed by atoms with Gasteiger partial charge in [0.2, 0.25) is 0 Å². The van der Waals surface area contributed by atoms with Gasteiger partial charge in [-0.05, 0) is 56.8 Å². The number of ether oxygens (including phenoxy) is 1. The summed E-state index contributed by atoms with van der Waals surface area (Å²) in [6, 6.07) is 7.73. The van der Waals surface area contributed by atoms with Crippen LogP contribution in [-0.4, -0.2) is 38.7 Å². The average molecular weight is 372 g/mol. The Balaban J connectivity index is 2.04. The predicted molar refractivity (Wildman–Crippen MR) is 104 cm³/mol. The molecule has 26 heavy (non-hydrogen) atoms. The van der Waals surface area contributed by atoms with Gasteiger partial charge in [-0.25, -0.2) is 0 Å². The number of hydrogen-bond donors (Lipinski definition) is 1. The second-order valence-electron chi connectivity index (χ2n) is 6.45. The molecule has 0 radical (unpaired) electrons. The Morgan fingerprint density at radius 3 is 2.73 bits per heavy atom. The lowest BCUT2D eigenvalue weighted by Gasteiger charge is -2.27. The van der Waals surface area contributed by atoms with Crippen LogP contribution in [0.2, 0.25) is 0 Å². The number of pyridine rings is 1. The maximum Gasteiger partial charge on any atom is 0.325 e. The van der Waals surface area contributed by atoms with Crippen LogP contribution in [0.3, 0.4) is 0 Å². The van der Waals surface area contributed by atoms with Crippen molar-refractivity contribution < 1.29 is 9.53 Å². The lowest BCUT2D eigenvalue weighted by molar-refractivity contribution is -0.143. The first-order valence-electron chi connectivity index (χ1n) is 8.70. The van der Waals surface area contributed by atoms with E-state index in [4.69, 9.17) is 17.0 Å². The zero-order chi connectivity index (χ0) is 18.8. The van der Waals surface area contributed by atoms with Crippen LogP contribution in [-0.2, 0) is 16.6 Å². The van der Waals surface area contributed by atoms with Gasteiger partial charge >= 0.3 is 5.97 Å². The number of aromatic nitrogens is 2. The number of aryl methyl sites for hydroxylation is 1. The number of nitrogens with zero attached hydrogens (tertiary/aromatic N) is 3. The van der Waals surface area contributed by atoms with Crippen molar-refractivity contribution in [2.45, 2.75) is 32.9 Å².